The minimum absolute atomic E-state index is 0.00588. The molecule has 0 spiro atoms. The summed E-state index contributed by atoms with van der Waals surface area (Å²) >= 11 is 1.63. The van der Waals surface area contributed by atoms with Gasteiger partial charge in [-0.25, -0.2) is 0 Å². The normalized spacial score (nSPS) is 22.9. The van der Waals surface area contributed by atoms with Crippen LogP contribution in [0.1, 0.15) is 72.3 Å². The number of thiophene rings is 1. The standard InChI is InChI=1S/C22H26N2O2S/c1-14(2)23-21(25)19-16-10-5-6-11-17(16)22(26)24(15-8-3-4-9-15)20(19)18-12-7-13-27-18/h5-7,10-15,19-20H,3-4,8-9H2,1-2H3,(H,23,25). The van der Waals surface area contributed by atoms with Crippen LogP contribution in [0.4, 0.5) is 0 Å². The molecule has 0 radical (unpaired) electrons. The summed E-state index contributed by atoms with van der Waals surface area (Å²) in [6.07, 6.45) is 4.34. The van der Waals surface area contributed by atoms with Crippen LogP contribution < -0.4 is 5.32 Å². The lowest BCUT2D eigenvalue weighted by atomic mass is 9.80. The van der Waals surface area contributed by atoms with E-state index in [-0.39, 0.29) is 35.9 Å². The molecule has 27 heavy (non-hydrogen) atoms. The quantitative estimate of drug-likeness (QED) is 0.847. The van der Waals surface area contributed by atoms with E-state index in [9.17, 15) is 9.59 Å². The lowest BCUT2D eigenvalue weighted by Gasteiger charge is -2.44. The number of rotatable bonds is 4. The fraction of sp³-hybridized carbons (Fsp3) is 0.455. The Labute approximate surface area is 164 Å². The first-order chi connectivity index (χ1) is 13.1. The molecule has 4 rings (SSSR count). The van der Waals surface area contributed by atoms with E-state index in [0.717, 1.165) is 36.1 Å². The van der Waals surface area contributed by atoms with Gasteiger partial charge >= 0.3 is 0 Å². The van der Waals surface area contributed by atoms with Crippen molar-refractivity contribution in [1.29, 1.82) is 0 Å². The van der Waals surface area contributed by atoms with Crippen LogP contribution in [0.2, 0.25) is 0 Å². The van der Waals surface area contributed by atoms with Gasteiger partial charge in [-0.1, -0.05) is 37.1 Å². The second kappa shape index (κ2) is 7.47. The minimum Gasteiger partial charge on any atom is -0.353 e. The molecule has 2 aromatic rings. The van der Waals surface area contributed by atoms with Crippen LogP contribution in [-0.2, 0) is 4.79 Å². The monoisotopic (exact) mass is 382 g/mol. The number of carbonyl (C=O) groups excluding carboxylic acids is 2. The fourth-order valence-electron chi connectivity index (χ4n) is 4.55. The van der Waals surface area contributed by atoms with Gasteiger partial charge in [0, 0.05) is 22.5 Å². The van der Waals surface area contributed by atoms with Crippen LogP contribution in [0.15, 0.2) is 41.8 Å². The highest BCUT2D eigenvalue weighted by Gasteiger charge is 2.47. The van der Waals surface area contributed by atoms with E-state index in [1.54, 1.807) is 11.3 Å². The maximum absolute atomic E-state index is 13.5. The molecule has 0 saturated heterocycles. The van der Waals surface area contributed by atoms with Gasteiger partial charge in [0.15, 0.2) is 0 Å². The summed E-state index contributed by atoms with van der Waals surface area (Å²) in [5.41, 5.74) is 1.54. The zero-order valence-corrected chi connectivity index (χ0v) is 16.7. The van der Waals surface area contributed by atoms with Crippen molar-refractivity contribution < 1.29 is 9.59 Å². The fourth-order valence-corrected chi connectivity index (χ4v) is 5.41. The molecule has 2 unspecified atom stereocenters. The third-order valence-corrected chi connectivity index (χ3v) is 6.59. The van der Waals surface area contributed by atoms with Crippen LogP contribution >= 0.6 is 11.3 Å². The zero-order chi connectivity index (χ0) is 19.0. The SMILES string of the molecule is CC(C)NC(=O)C1c2ccccc2C(=O)N(C2CCCC2)C1c1cccs1. The van der Waals surface area contributed by atoms with Crippen molar-refractivity contribution >= 4 is 23.2 Å². The van der Waals surface area contributed by atoms with E-state index in [1.807, 2.05) is 54.5 Å². The lowest BCUT2D eigenvalue weighted by molar-refractivity contribution is -0.124. The summed E-state index contributed by atoms with van der Waals surface area (Å²) in [4.78, 5) is 29.9. The van der Waals surface area contributed by atoms with Gasteiger partial charge in [0.1, 0.15) is 0 Å². The van der Waals surface area contributed by atoms with Gasteiger partial charge in [0.2, 0.25) is 5.91 Å². The summed E-state index contributed by atoms with van der Waals surface area (Å²) in [5, 5.41) is 5.13. The van der Waals surface area contributed by atoms with Crippen LogP contribution in [0, 0.1) is 0 Å². The number of carbonyl (C=O) groups is 2. The molecule has 1 aliphatic carbocycles. The first-order valence-corrected chi connectivity index (χ1v) is 10.7. The third-order valence-electron chi connectivity index (χ3n) is 5.64. The molecule has 0 bridgehead atoms. The van der Waals surface area contributed by atoms with Gasteiger partial charge in [-0.2, -0.15) is 0 Å². The van der Waals surface area contributed by atoms with Crippen LogP contribution in [0.5, 0.6) is 0 Å². The van der Waals surface area contributed by atoms with Crippen molar-refractivity contribution in [2.75, 3.05) is 0 Å². The highest BCUT2D eigenvalue weighted by Crippen LogP contribution is 2.47. The summed E-state index contributed by atoms with van der Waals surface area (Å²) < 4.78 is 0. The van der Waals surface area contributed by atoms with Gasteiger partial charge < -0.3 is 10.2 Å². The van der Waals surface area contributed by atoms with E-state index in [1.165, 1.54) is 0 Å². The Kier molecular flexibility index (Phi) is 5.04. The Morgan fingerprint density at radius 1 is 1.15 bits per heavy atom. The Balaban J connectivity index is 1.87. The molecule has 2 amide bonds. The van der Waals surface area contributed by atoms with Crippen molar-refractivity contribution in [3.8, 4) is 0 Å². The van der Waals surface area contributed by atoms with Gasteiger partial charge in [0.05, 0.1) is 12.0 Å². The minimum atomic E-state index is -0.374. The van der Waals surface area contributed by atoms with Crippen LogP contribution in [0.3, 0.4) is 0 Å². The molecule has 1 saturated carbocycles. The Hall–Kier alpha value is -2.14. The molecular formula is C22H26N2O2S. The lowest BCUT2D eigenvalue weighted by Crippen LogP contribution is -2.51. The largest absolute Gasteiger partial charge is 0.353 e. The summed E-state index contributed by atoms with van der Waals surface area (Å²) in [7, 11) is 0. The average molecular weight is 383 g/mol. The first-order valence-electron chi connectivity index (χ1n) is 9.83. The average Bonchev–Trinajstić information content (AvgIpc) is 3.34. The van der Waals surface area contributed by atoms with Crippen molar-refractivity contribution in [3.05, 3.63) is 57.8 Å². The number of nitrogens with zero attached hydrogens (tertiary/aromatic N) is 1. The molecule has 1 fully saturated rings. The zero-order valence-electron chi connectivity index (χ0n) is 15.9. The van der Waals surface area contributed by atoms with E-state index < -0.39 is 0 Å². The Bertz CT molecular complexity index is 825. The second-order valence-electron chi connectivity index (χ2n) is 7.84. The number of fused-ring (bicyclic) bond motifs is 1. The molecule has 1 N–H and O–H groups in total. The number of benzene rings is 1. The van der Waals surface area contributed by atoms with Crippen molar-refractivity contribution in [1.82, 2.24) is 10.2 Å². The summed E-state index contributed by atoms with van der Waals surface area (Å²) in [5.74, 6) is -0.295. The summed E-state index contributed by atoms with van der Waals surface area (Å²) in [6, 6.07) is 11.8. The number of hydrogen-bond acceptors (Lipinski definition) is 3. The van der Waals surface area contributed by atoms with Crippen LogP contribution in [0.25, 0.3) is 0 Å². The molecule has 142 valence electrons. The van der Waals surface area contributed by atoms with Crippen molar-refractivity contribution in [2.24, 2.45) is 0 Å². The van der Waals surface area contributed by atoms with Crippen molar-refractivity contribution in [2.45, 2.75) is 63.6 Å². The molecule has 2 heterocycles. The predicted molar refractivity (Wildman–Crippen MR) is 108 cm³/mol. The maximum Gasteiger partial charge on any atom is 0.254 e. The third kappa shape index (κ3) is 3.29. The van der Waals surface area contributed by atoms with Gasteiger partial charge in [-0.15, -0.1) is 11.3 Å². The van der Waals surface area contributed by atoms with E-state index in [4.69, 9.17) is 0 Å². The van der Waals surface area contributed by atoms with E-state index in [2.05, 4.69) is 11.4 Å². The number of hydrogen-bond donors (Lipinski definition) is 1. The van der Waals surface area contributed by atoms with E-state index >= 15 is 0 Å². The first kappa shape index (κ1) is 18.2. The molecule has 5 heteroatoms. The number of amides is 2. The predicted octanol–water partition coefficient (Wildman–Crippen LogP) is 4.50. The highest BCUT2D eigenvalue weighted by atomic mass is 32.1. The smallest absolute Gasteiger partial charge is 0.254 e. The maximum atomic E-state index is 13.5. The Morgan fingerprint density at radius 2 is 1.89 bits per heavy atom. The van der Waals surface area contributed by atoms with Gasteiger partial charge in [-0.3, -0.25) is 9.59 Å². The Morgan fingerprint density at radius 3 is 2.56 bits per heavy atom. The molecule has 4 nitrogen and oxygen atoms in total. The summed E-state index contributed by atoms with van der Waals surface area (Å²) in [6.45, 7) is 3.96. The molecular weight excluding hydrogens is 356 g/mol. The van der Waals surface area contributed by atoms with Crippen molar-refractivity contribution in [3.63, 3.8) is 0 Å². The molecule has 1 aromatic carbocycles. The van der Waals surface area contributed by atoms with Crippen LogP contribution in [-0.4, -0.2) is 28.8 Å². The topological polar surface area (TPSA) is 49.4 Å². The van der Waals surface area contributed by atoms with Gasteiger partial charge in [-0.05, 0) is 49.8 Å². The van der Waals surface area contributed by atoms with E-state index in [0.29, 0.717) is 5.56 Å². The molecule has 2 aliphatic rings. The molecule has 2 atom stereocenters. The highest BCUT2D eigenvalue weighted by molar-refractivity contribution is 7.10. The van der Waals surface area contributed by atoms with Gasteiger partial charge in [0.25, 0.3) is 5.91 Å². The molecule has 1 aliphatic heterocycles. The second-order valence-corrected chi connectivity index (χ2v) is 8.82. The number of nitrogens with one attached hydrogen (secondary N) is 1. The molecule has 1 aromatic heterocycles.